The summed E-state index contributed by atoms with van der Waals surface area (Å²) in [4.78, 5) is 15.2. The van der Waals surface area contributed by atoms with Crippen molar-refractivity contribution in [3.63, 3.8) is 0 Å². The molecular formula is C51H30N4O. The SMILES string of the molecule is c1ccc(-c2nc(-c3ccc4ccccc4c3)nc(-c3ccc4oc5c(-n6c7ccc8ccccc8c7c7ccc8ccccc8c76)cccc5c4c3)n2)cc1. The van der Waals surface area contributed by atoms with E-state index in [0.29, 0.717) is 17.5 Å². The van der Waals surface area contributed by atoms with Crippen LogP contribution in [0.2, 0.25) is 0 Å². The number of aromatic nitrogens is 4. The molecule has 0 bridgehead atoms. The third-order valence-electron chi connectivity index (χ3n) is 11.2. The van der Waals surface area contributed by atoms with Crippen molar-refractivity contribution in [2.45, 2.75) is 0 Å². The van der Waals surface area contributed by atoms with Crippen molar-refractivity contribution in [3.05, 3.63) is 182 Å². The molecule has 3 heterocycles. The molecule has 5 heteroatoms. The van der Waals surface area contributed by atoms with E-state index >= 15 is 0 Å². The van der Waals surface area contributed by atoms with Gasteiger partial charge in [-0.25, -0.2) is 15.0 Å². The first-order valence-electron chi connectivity index (χ1n) is 18.9. The van der Waals surface area contributed by atoms with E-state index in [9.17, 15) is 0 Å². The number of hydrogen-bond donors (Lipinski definition) is 0. The molecule has 0 aliphatic carbocycles. The van der Waals surface area contributed by atoms with Crippen LogP contribution < -0.4 is 0 Å². The standard InChI is InChI=1S/C51H30N4O/c1-2-14-34(15-3-1)49-52-50(36-22-21-31-11-4-5-16-35(31)29-36)54-51(53-49)37-25-28-45-42(30-37)40-19-10-20-44(48(40)56-45)55-43-27-24-32-12-6-8-17-38(32)46(43)41-26-23-33-13-7-9-18-39(33)47(41)55/h1-30H. The van der Waals surface area contributed by atoms with Gasteiger partial charge in [0.1, 0.15) is 5.58 Å². The van der Waals surface area contributed by atoms with E-state index in [1.165, 1.54) is 43.2 Å². The lowest BCUT2D eigenvalue weighted by atomic mass is 10.0. The number of rotatable bonds is 4. The van der Waals surface area contributed by atoms with Gasteiger partial charge in [-0.15, -0.1) is 0 Å². The van der Waals surface area contributed by atoms with Crippen molar-refractivity contribution in [1.29, 1.82) is 0 Å². The van der Waals surface area contributed by atoms with Crippen LogP contribution in [0.1, 0.15) is 0 Å². The van der Waals surface area contributed by atoms with Gasteiger partial charge in [-0.1, -0.05) is 146 Å². The van der Waals surface area contributed by atoms with Crippen molar-refractivity contribution in [2.24, 2.45) is 0 Å². The predicted octanol–water partition coefficient (Wildman–Crippen LogP) is 13.3. The lowest BCUT2D eigenvalue weighted by Crippen LogP contribution is -2.00. The van der Waals surface area contributed by atoms with Gasteiger partial charge in [0, 0.05) is 43.6 Å². The fourth-order valence-corrected chi connectivity index (χ4v) is 8.58. The van der Waals surface area contributed by atoms with Crippen LogP contribution in [0.5, 0.6) is 0 Å². The smallest absolute Gasteiger partial charge is 0.164 e. The first-order chi connectivity index (χ1) is 27.7. The molecule has 0 N–H and O–H groups in total. The molecule has 0 spiro atoms. The second-order valence-corrected chi connectivity index (χ2v) is 14.4. The van der Waals surface area contributed by atoms with Gasteiger partial charge in [0.15, 0.2) is 23.1 Å². The average Bonchev–Trinajstić information content (AvgIpc) is 3.82. The number of furan rings is 1. The monoisotopic (exact) mass is 714 g/mol. The van der Waals surface area contributed by atoms with E-state index < -0.39 is 0 Å². The Labute approximate surface area is 320 Å². The predicted molar refractivity (Wildman–Crippen MR) is 230 cm³/mol. The molecule has 12 aromatic rings. The Balaban J connectivity index is 1.09. The number of benzene rings is 9. The van der Waals surface area contributed by atoms with Gasteiger partial charge < -0.3 is 8.98 Å². The summed E-state index contributed by atoms with van der Waals surface area (Å²) in [5.74, 6) is 1.87. The zero-order valence-electron chi connectivity index (χ0n) is 30.0. The van der Waals surface area contributed by atoms with Crippen molar-refractivity contribution in [2.75, 3.05) is 0 Å². The average molecular weight is 715 g/mol. The molecule has 3 aromatic heterocycles. The van der Waals surface area contributed by atoms with Crippen LogP contribution in [0.4, 0.5) is 0 Å². The molecule has 9 aromatic carbocycles. The van der Waals surface area contributed by atoms with Gasteiger partial charge in [0.25, 0.3) is 0 Å². The lowest BCUT2D eigenvalue weighted by molar-refractivity contribution is 0.666. The number of nitrogens with zero attached hydrogens (tertiary/aromatic N) is 4. The molecule has 0 atom stereocenters. The molecule has 0 amide bonds. The first kappa shape index (κ1) is 30.8. The van der Waals surface area contributed by atoms with Gasteiger partial charge in [-0.05, 0) is 63.3 Å². The van der Waals surface area contributed by atoms with Crippen LogP contribution in [0.15, 0.2) is 186 Å². The Morgan fingerprint density at radius 1 is 0.375 bits per heavy atom. The summed E-state index contributed by atoms with van der Waals surface area (Å²) in [6.45, 7) is 0. The maximum Gasteiger partial charge on any atom is 0.164 e. The van der Waals surface area contributed by atoms with Crippen molar-refractivity contribution < 1.29 is 4.42 Å². The van der Waals surface area contributed by atoms with Gasteiger partial charge in [-0.3, -0.25) is 0 Å². The van der Waals surface area contributed by atoms with Gasteiger partial charge in [0.05, 0.1) is 16.7 Å². The van der Waals surface area contributed by atoms with Crippen molar-refractivity contribution in [1.82, 2.24) is 19.5 Å². The minimum absolute atomic E-state index is 0.607. The molecule has 260 valence electrons. The lowest BCUT2D eigenvalue weighted by Gasteiger charge is -2.10. The van der Waals surface area contributed by atoms with Gasteiger partial charge in [-0.2, -0.15) is 0 Å². The van der Waals surface area contributed by atoms with E-state index in [1.54, 1.807) is 0 Å². The normalized spacial score (nSPS) is 11.9. The first-order valence-corrected chi connectivity index (χ1v) is 18.9. The van der Waals surface area contributed by atoms with Crippen molar-refractivity contribution >= 4 is 76.1 Å². The van der Waals surface area contributed by atoms with Gasteiger partial charge in [0.2, 0.25) is 0 Å². The Morgan fingerprint density at radius 2 is 0.982 bits per heavy atom. The minimum atomic E-state index is 0.607. The summed E-state index contributed by atoms with van der Waals surface area (Å²) < 4.78 is 9.25. The summed E-state index contributed by atoms with van der Waals surface area (Å²) in [6, 6.07) is 63.9. The number of hydrogen-bond acceptors (Lipinski definition) is 4. The Kier molecular flexibility index (Phi) is 6.56. The van der Waals surface area contributed by atoms with E-state index in [0.717, 1.165) is 55.2 Å². The number of fused-ring (bicyclic) bond motifs is 11. The Hall–Kier alpha value is -7.63. The molecule has 0 unspecified atom stereocenters. The molecule has 0 aliphatic heterocycles. The third-order valence-corrected chi connectivity index (χ3v) is 11.2. The molecule has 0 aliphatic rings. The summed E-state index contributed by atoms with van der Waals surface area (Å²) >= 11 is 0. The third kappa shape index (κ3) is 4.64. The highest BCUT2D eigenvalue weighted by molar-refractivity contribution is 6.26. The molecule has 0 radical (unpaired) electrons. The minimum Gasteiger partial charge on any atom is -0.454 e. The fourth-order valence-electron chi connectivity index (χ4n) is 8.58. The maximum atomic E-state index is 6.85. The summed E-state index contributed by atoms with van der Waals surface area (Å²) in [6.07, 6.45) is 0. The molecule has 5 nitrogen and oxygen atoms in total. The zero-order valence-corrected chi connectivity index (χ0v) is 30.0. The second kappa shape index (κ2) is 11.9. The highest BCUT2D eigenvalue weighted by Crippen LogP contribution is 2.43. The number of para-hydroxylation sites is 1. The van der Waals surface area contributed by atoms with E-state index in [4.69, 9.17) is 19.4 Å². The summed E-state index contributed by atoms with van der Waals surface area (Å²) in [5.41, 5.74) is 7.71. The summed E-state index contributed by atoms with van der Waals surface area (Å²) in [5, 5.41) is 11.7. The fraction of sp³-hybridized carbons (Fsp3) is 0. The molecule has 12 rings (SSSR count). The van der Waals surface area contributed by atoms with E-state index in [2.05, 4.69) is 150 Å². The summed E-state index contributed by atoms with van der Waals surface area (Å²) in [7, 11) is 0. The maximum absolute atomic E-state index is 6.85. The Bertz CT molecular complexity index is 3540. The molecule has 56 heavy (non-hydrogen) atoms. The topological polar surface area (TPSA) is 56.7 Å². The Morgan fingerprint density at radius 3 is 1.80 bits per heavy atom. The van der Waals surface area contributed by atoms with Crippen LogP contribution in [0.25, 0.3) is 116 Å². The zero-order chi connectivity index (χ0) is 36.7. The second-order valence-electron chi connectivity index (χ2n) is 14.4. The van der Waals surface area contributed by atoms with Crippen LogP contribution in [0, 0.1) is 0 Å². The van der Waals surface area contributed by atoms with Crippen LogP contribution >= 0.6 is 0 Å². The molecule has 0 saturated heterocycles. The van der Waals surface area contributed by atoms with E-state index in [1.807, 2.05) is 36.4 Å². The van der Waals surface area contributed by atoms with Gasteiger partial charge >= 0.3 is 0 Å². The van der Waals surface area contributed by atoms with Crippen molar-refractivity contribution in [3.8, 4) is 39.9 Å². The van der Waals surface area contributed by atoms with E-state index in [-0.39, 0.29) is 0 Å². The van der Waals surface area contributed by atoms with Crippen LogP contribution in [0.3, 0.4) is 0 Å². The largest absolute Gasteiger partial charge is 0.454 e. The highest BCUT2D eigenvalue weighted by Gasteiger charge is 2.21. The molecule has 0 saturated carbocycles. The highest BCUT2D eigenvalue weighted by atomic mass is 16.3. The van der Waals surface area contributed by atoms with Crippen LogP contribution in [-0.2, 0) is 0 Å². The quantitative estimate of drug-likeness (QED) is 0.182. The molecule has 0 fully saturated rings. The molecular weight excluding hydrogens is 685 g/mol. The van der Waals surface area contributed by atoms with Crippen LogP contribution in [-0.4, -0.2) is 19.5 Å².